The van der Waals surface area contributed by atoms with Crippen molar-refractivity contribution >= 4 is 32.1 Å². The highest BCUT2D eigenvalue weighted by Crippen LogP contribution is 2.30. The van der Waals surface area contributed by atoms with Crippen molar-refractivity contribution in [3.63, 3.8) is 0 Å². The number of aromatic nitrogens is 1. The Kier molecular flexibility index (Phi) is 10.6. The molecule has 0 amide bonds. The number of aliphatic hydroxyl groups excluding tert-OH is 1. The molecule has 3 aromatic rings. The zero-order valence-corrected chi connectivity index (χ0v) is 25.3. The van der Waals surface area contributed by atoms with E-state index in [9.17, 15) is 13.5 Å². The molecule has 222 valence electrons. The molecule has 1 aliphatic heterocycles. The second-order valence-corrected chi connectivity index (χ2v) is 12.6. The van der Waals surface area contributed by atoms with Gasteiger partial charge in [-0.05, 0) is 55.5 Å². The molecular weight excluding hydrogens is 540 g/mol. The van der Waals surface area contributed by atoms with Crippen LogP contribution in [-0.2, 0) is 21.1 Å². The van der Waals surface area contributed by atoms with Crippen molar-refractivity contribution in [1.82, 2.24) is 9.47 Å². The van der Waals surface area contributed by atoms with Crippen LogP contribution in [0.1, 0.15) is 31.9 Å². The van der Waals surface area contributed by atoms with E-state index in [0.717, 1.165) is 61.2 Å². The molecule has 9 nitrogen and oxygen atoms in total. The minimum absolute atomic E-state index is 0.214. The Labute approximate surface area is 243 Å². The maximum Gasteiger partial charge on any atom is 0.175 e. The van der Waals surface area contributed by atoms with Crippen LogP contribution >= 0.6 is 0 Å². The average molecular weight is 583 g/mol. The number of sulfone groups is 1. The number of methoxy groups -OCH3 is 2. The Bertz CT molecular complexity index is 1480. The van der Waals surface area contributed by atoms with Gasteiger partial charge in [-0.25, -0.2) is 8.42 Å². The molecule has 4 rings (SSSR count). The fourth-order valence-electron chi connectivity index (χ4n) is 5.32. The topological polar surface area (TPSA) is 105 Å². The van der Waals surface area contributed by atoms with Gasteiger partial charge in [-0.3, -0.25) is 0 Å². The van der Waals surface area contributed by atoms with E-state index < -0.39 is 15.9 Å². The first-order valence-corrected chi connectivity index (χ1v) is 16.0. The number of ether oxygens (including phenoxy) is 2. The number of hydrogen-bond donors (Lipinski definition) is 3. The summed E-state index contributed by atoms with van der Waals surface area (Å²) >= 11 is 0. The molecule has 0 spiro atoms. The van der Waals surface area contributed by atoms with Crippen LogP contribution in [0.4, 0.5) is 11.4 Å². The van der Waals surface area contributed by atoms with Gasteiger partial charge in [0.2, 0.25) is 0 Å². The molecule has 0 bridgehead atoms. The van der Waals surface area contributed by atoms with Gasteiger partial charge in [-0.2, -0.15) is 0 Å². The zero-order chi connectivity index (χ0) is 29.4. The van der Waals surface area contributed by atoms with Gasteiger partial charge in [-0.15, -0.1) is 0 Å². The lowest BCUT2D eigenvalue weighted by Crippen LogP contribution is -2.43. The number of aryl methyl sites for hydroxylation is 1. The van der Waals surface area contributed by atoms with Gasteiger partial charge in [0.1, 0.15) is 5.75 Å². The van der Waals surface area contributed by atoms with Gasteiger partial charge in [-0.1, -0.05) is 18.9 Å². The van der Waals surface area contributed by atoms with Crippen molar-refractivity contribution in [3.05, 3.63) is 48.2 Å². The summed E-state index contributed by atoms with van der Waals surface area (Å²) in [4.78, 5) is 2.52. The normalized spacial score (nSPS) is 15.3. The van der Waals surface area contributed by atoms with Crippen molar-refractivity contribution in [2.75, 3.05) is 63.9 Å². The molecule has 2 aromatic carbocycles. The highest BCUT2D eigenvalue weighted by molar-refractivity contribution is 7.90. The lowest BCUT2D eigenvalue weighted by Gasteiger charge is -2.34. The molecule has 1 saturated heterocycles. The first-order chi connectivity index (χ1) is 19.7. The molecule has 2 heterocycles. The highest BCUT2D eigenvalue weighted by Gasteiger charge is 2.22. The standard InChI is InChI=1S/C31H42N4O5S/c1-5-16-35-24(8-7-15-32-29-12-11-26(41(4,37)38)20-31(29)40-3)19-27-28(9-6-10-30(27)35)33-23-13-17-34(18-14-23)21-25(36)22-39-2/h6,9-12,19-20,23,25,32-33,36H,5,13-18,21-22H2,1-4H3. The van der Waals surface area contributed by atoms with E-state index in [0.29, 0.717) is 37.2 Å². The molecule has 41 heavy (non-hydrogen) atoms. The van der Waals surface area contributed by atoms with Gasteiger partial charge in [0, 0.05) is 62.7 Å². The Hall–Kier alpha value is -3.23. The van der Waals surface area contributed by atoms with Crippen LogP contribution in [0.3, 0.4) is 0 Å². The van der Waals surface area contributed by atoms with Crippen LogP contribution in [0, 0.1) is 11.8 Å². The van der Waals surface area contributed by atoms with Gasteiger partial charge in [0.25, 0.3) is 0 Å². The molecule has 1 fully saturated rings. The van der Waals surface area contributed by atoms with Crippen LogP contribution in [0.5, 0.6) is 5.75 Å². The summed E-state index contributed by atoms with van der Waals surface area (Å²) < 4.78 is 36.5. The number of β-amino-alcohol motifs (C(OH)–C–C–N with tert-alkyl or cyclic N) is 1. The lowest BCUT2D eigenvalue weighted by atomic mass is 10.0. The number of piperidine rings is 1. The summed E-state index contributed by atoms with van der Waals surface area (Å²) in [6.45, 7) is 6.30. The number of anilines is 2. The summed E-state index contributed by atoms with van der Waals surface area (Å²) in [5, 5.41) is 18.2. The molecule has 0 saturated carbocycles. The third-order valence-electron chi connectivity index (χ3n) is 7.35. The number of aliphatic hydroxyl groups is 1. The number of nitrogens with zero attached hydrogens (tertiary/aromatic N) is 2. The molecule has 0 aliphatic carbocycles. The van der Waals surface area contributed by atoms with Crippen molar-refractivity contribution in [3.8, 4) is 17.6 Å². The summed E-state index contributed by atoms with van der Waals surface area (Å²) in [6.07, 6.45) is 3.74. The second kappa shape index (κ2) is 14.1. The van der Waals surface area contributed by atoms with Gasteiger partial charge in [0.15, 0.2) is 9.84 Å². The van der Waals surface area contributed by atoms with E-state index in [-0.39, 0.29) is 4.90 Å². The maximum atomic E-state index is 11.9. The number of rotatable bonds is 12. The molecule has 1 atom stereocenters. The van der Waals surface area contributed by atoms with E-state index in [1.807, 2.05) is 0 Å². The van der Waals surface area contributed by atoms with Gasteiger partial charge < -0.3 is 34.7 Å². The van der Waals surface area contributed by atoms with E-state index in [1.54, 1.807) is 19.2 Å². The molecule has 1 unspecified atom stereocenters. The summed E-state index contributed by atoms with van der Waals surface area (Å²) in [6, 6.07) is 13.7. The molecule has 3 N–H and O–H groups in total. The Morgan fingerprint density at radius 3 is 2.59 bits per heavy atom. The zero-order valence-electron chi connectivity index (χ0n) is 24.4. The van der Waals surface area contributed by atoms with E-state index in [1.165, 1.54) is 19.4 Å². The van der Waals surface area contributed by atoms with E-state index in [2.05, 4.69) is 63.1 Å². The predicted molar refractivity (Wildman–Crippen MR) is 165 cm³/mol. The monoisotopic (exact) mass is 582 g/mol. The molecule has 10 heteroatoms. The van der Waals surface area contributed by atoms with E-state index in [4.69, 9.17) is 9.47 Å². The highest BCUT2D eigenvalue weighted by atomic mass is 32.2. The predicted octanol–water partition coefficient (Wildman–Crippen LogP) is 3.81. The van der Waals surface area contributed by atoms with Crippen molar-refractivity contribution in [2.45, 2.75) is 49.8 Å². The Morgan fingerprint density at radius 1 is 1.12 bits per heavy atom. The Balaban J connectivity index is 1.46. The second-order valence-electron chi connectivity index (χ2n) is 10.5. The first kappa shape index (κ1) is 30.7. The smallest absolute Gasteiger partial charge is 0.175 e. The minimum Gasteiger partial charge on any atom is -0.495 e. The number of fused-ring (bicyclic) bond motifs is 1. The lowest BCUT2D eigenvalue weighted by molar-refractivity contribution is 0.0327. The SMILES string of the molecule is CCCn1c(C#CCNc2ccc(S(C)(=O)=O)cc2OC)cc2c(NC3CCN(CC(O)COC)CC3)cccc21. The van der Waals surface area contributed by atoms with Crippen LogP contribution < -0.4 is 15.4 Å². The molecule has 0 radical (unpaired) electrons. The third kappa shape index (κ3) is 7.95. The van der Waals surface area contributed by atoms with Crippen molar-refractivity contribution < 1.29 is 23.0 Å². The minimum atomic E-state index is -3.32. The quantitative estimate of drug-likeness (QED) is 0.277. The van der Waals surface area contributed by atoms with Crippen LogP contribution in [0.15, 0.2) is 47.4 Å². The van der Waals surface area contributed by atoms with Crippen LogP contribution in [0.25, 0.3) is 10.9 Å². The summed E-state index contributed by atoms with van der Waals surface area (Å²) in [5.41, 5.74) is 3.92. The van der Waals surface area contributed by atoms with Crippen molar-refractivity contribution in [1.29, 1.82) is 0 Å². The molecular formula is C31H42N4O5S. The maximum absolute atomic E-state index is 11.9. The summed E-state index contributed by atoms with van der Waals surface area (Å²) in [5.74, 6) is 7.03. The molecule has 1 aromatic heterocycles. The largest absolute Gasteiger partial charge is 0.495 e. The van der Waals surface area contributed by atoms with Gasteiger partial charge in [0.05, 0.1) is 48.2 Å². The fraction of sp³-hybridized carbons (Fsp3) is 0.484. The molecule has 1 aliphatic rings. The van der Waals surface area contributed by atoms with Gasteiger partial charge >= 0.3 is 0 Å². The van der Waals surface area contributed by atoms with E-state index >= 15 is 0 Å². The third-order valence-corrected chi connectivity index (χ3v) is 8.46. The average Bonchev–Trinajstić information content (AvgIpc) is 3.30. The summed E-state index contributed by atoms with van der Waals surface area (Å²) in [7, 11) is -0.186. The van der Waals surface area contributed by atoms with Crippen LogP contribution in [-0.4, -0.2) is 88.4 Å². The van der Waals surface area contributed by atoms with Crippen LogP contribution in [0.2, 0.25) is 0 Å². The number of benzene rings is 2. The number of nitrogens with one attached hydrogen (secondary N) is 2. The number of likely N-dealkylation sites (tertiary alicyclic amines) is 1. The fourth-order valence-corrected chi connectivity index (χ4v) is 5.96. The van der Waals surface area contributed by atoms with Crippen molar-refractivity contribution in [2.24, 2.45) is 0 Å². The Morgan fingerprint density at radius 2 is 1.90 bits per heavy atom. The number of hydrogen-bond acceptors (Lipinski definition) is 8. The first-order valence-electron chi connectivity index (χ1n) is 14.1.